The Balaban J connectivity index is 3.01. The minimum Gasteiger partial charge on any atom is -0.333 e. The van der Waals surface area contributed by atoms with Crippen LogP contribution in [-0.4, -0.2) is 14.9 Å². The van der Waals surface area contributed by atoms with Crippen LogP contribution in [0.2, 0.25) is 5.15 Å². The molecule has 1 unspecified atom stereocenters. The molecular formula is C8H12BrClN2. The highest BCUT2D eigenvalue weighted by Crippen LogP contribution is 2.24. The molecule has 1 aromatic rings. The Labute approximate surface area is 86.1 Å². The van der Waals surface area contributed by atoms with Crippen LogP contribution < -0.4 is 0 Å². The normalized spacial score (nSPS) is 13.3. The van der Waals surface area contributed by atoms with Gasteiger partial charge >= 0.3 is 0 Å². The predicted octanol–water partition coefficient (Wildman–Crippen LogP) is 3.05. The lowest BCUT2D eigenvalue weighted by Crippen LogP contribution is -2.04. The van der Waals surface area contributed by atoms with Crippen LogP contribution in [0.1, 0.15) is 25.5 Å². The number of imidazole rings is 1. The average molecular weight is 252 g/mol. The predicted molar refractivity (Wildman–Crippen MR) is 55.1 cm³/mol. The summed E-state index contributed by atoms with van der Waals surface area (Å²) in [4.78, 5) is 4.06. The zero-order valence-electron chi connectivity index (χ0n) is 7.22. The molecule has 0 aliphatic rings. The quantitative estimate of drug-likeness (QED) is 0.755. The van der Waals surface area contributed by atoms with E-state index in [2.05, 4.69) is 39.3 Å². The van der Waals surface area contributed by atoms with Gasteiger partial charge in [-0.3, -0.25) is 0 Å². The maximum Gasteiger partial charge on any atom is 0.150 e. The number of hydrogen-bond acceptors (Lipinski definition) is 1. The largest absolute Gasteiger partial charge is 0.333 e. The summed E-state index contributed by atoms with van der Waals surface area (Å²) in [5.41, 5.74) is 1.12. The van der Waals surface area contributed by atoms with E-state index in [1.165, 1.54) is 0 Å². The van der Waals surface area contributed by atoms with Crippen molar-refractivity contribution in [1.29, 1.82) is 0 Å². The lowest BCUT2D eigenvalue weighted by Gasteiger charge is -2.10. The minimum atomic E-state index is 0.417. The molecule has 1 rings (SSSR count). The van der Waals surface area contributed by atoms with Crippen LogP contribution in [0.25, 0.3) is 0 Å². The van der Waals surface area contributed by atoms with Crippen LogP contribution in [0.15, 0.2) is 6.33 Å². The van der Waals surface area contributed by atoms with Crippen LogP contribution in [0.4, 0.5) is 0 Å². The Morgan fingerprint density at radius 3 is 2.92 bits per heavy atom. The standard InChI is InChI=1S/C8H12BrClN2/c1-3-12-5-11-8(10)7(12)6(2)4-9/h5-6H,3-4H2,1-2H3. The number of nitrogens with zero attached hydrogens (tertiary/aromatic N) is 2. The molecule has 68 valence electrons. The third kappa shape index (κ3) is 1.83. The highest BCUT2D eigenvalue weighted by Gasteiger charge is 2.13. The second kappa shape index (κ2) is 4.28. The summed E-state index contributed by atoms with van der Waals surface area (Å²) in [5.74, 6) is 0.417. The summed E-state index contributed by atoms with van der Waals surface area (Å²) in [6.07, 6.45) is 1.79. The fourth-order valence-corrected chi connectivity index (χ4v) is 1.82. The van der Waals surface area contributed by atoms with Crippen molar-refractivity contribution in [2.24, 2.45) is 0 Å². The molecule has 0 radical (unpaired) electrons. The molecule has 0 aromatic carbocycles. The fraction of sp³-hybridized carbons (Fsp3) is 0.625. The van der Waals surface area contributed by atoms with Gasteiger partial charge in [0.05, 0.1) is 12.0 Å². The smallest absolute Gasteiger partial charge is 0.150 e. The Bertz CT molecular complexity index is 260. The minimum absolute atomic E-state index is 0.417. The summed E-state index contributed by atoms with van der Waals surface area (Å²) in [6.45, 7) is 5.14. The van der Waals surface area contributed by atoms with E-state index < -0.39 is 0 Å². The van der Waals surface area contributed by atoms with Crippen molar-refractivity contribution in [3.8, 4) is 0 Å². The van der Waals surface area contributed by atoms with Gasteiger partial charge in [0.2, 0.25) is 0 Å². The SMILES string of the molecule is CCn1cnc(Cl)c1C(C)CBr. The first-order chi connectivity index (χ1) is 5.70. The van der Waals surface area contributed by atoms with E-state index in [-0.39, 0.29) is 0 Å². The third-order valence-corrected chi connectivity index (χ3v) is 3.13. The molecule has 1 aromatic heterocycles. The van der Waals surface area contributed by atoms with Gasteiger partial charge in [-0.1, -0.05) is 34.5 Å². The average Bonchev–Trinajstić information content (AvgIpc) is 2.45. The fourth-order valence-electron chi connectivity index (χ4n) is 1.18. The van der Waals surface area contributed by atoms with Crippen molar-refractivity contribution >= 4 is 27.5 Å². The zero-order valence-corrected chi connectivity index (χ0v) is 9.56. The van der Waals surface area contributed by atoms with Crippen molar-refractivity contribution in [1.82, 2.24) is 9.55 Å². The van der Waals surface area contributed by atoms with E-state index in [0.717, 1.165) is 17.6 Å². The Hall–Kier alpha value is -0.0200. The maximum atomic E-state index is 5.94. The molecule has 0 aliphatic heterocycles. The van der Waals surface area contributed by atoms with E-state index in [1.807, 2.05) is 0 Å². The second-order valence-electron chi connectivity index (χ2n) is 2.76. The van der Waals surface area contributed by atoms with Gasteiger partial charge in [-0.2, -0.15) is 0 Å². The first-order valence-corrected chi connectivity index (χ1v) is 5.47. The van der Waals surface area contributed by atoms with Crippen molar-refractivity contribution in [3.63, 3.8) is 0 Å². The van der Waals surface area contributed by atoms with Gasteiger partial charge in [0.25, 0.3) is 0 Å². The Morgan fingerprint density at radius 1 is 1.75 bits per heavy atom. The number of aryl methyl sites for hydroxylation is 1. The first-order valence-electron chi connectivity index (χ1n) is 3.97. The molecule has 0 bridgehead atoms. The summed E-state index contributed by atoms with van der Waals surface area (Å²) >= 11 is 9.38. The molecule has 1 atom stereocenters. The zero-order chi connectivity index (χ0) is 9.14. The molecule has 0 spiro atoms. The number of halogens is 2. The molecule has 0 aliphatic carbocycles. The van der Waals surface area contributed by atoms with Crippen molar-refractivity contribution in [2.75, 3.05) is 5.33 Å². The highest BCUT2D eigenvalue weighted by atomic mass is 79.9. The van der Waals surface area contributed by atoms with E-state index in [1.54, 1.807) is 6.33 Å². The van der Waals surface area contributed by atoms with Crippen LogP contribution in [-0.2, 0) is 6.54 Å². The van der Waals surface area contributed by atoms with Gasteiger partial charge in [-0.25, -0.2) is 4.98 Å². The van der Waals surface area contributed by atoms with E-state index in [0.29, 0.717) is 11.1 Å². The summed E-state index contributed by atoms with van der Waals surface area (Å²) in [7, 11) is 0. The Kier molecular flexibility index (Phi) is 3.59. The first kappa shape index (κ1) is 10.1. The van der Waals surface area contributed by atoms with Gasteiger partial charge in [-0.15, -0.1) is 0 Å². The van der Waals surface area contributed by atoms with Gasteiger partial charge in [0.1, 0.15) is 0 Å². The molecule has 12 heavy (non-hydrogen) atoms. The van der Waals surface area contributed by atoms with Crippen LogP contribution in [0.5, 0.6) is 0 Å². The molecule has 1 heterocycles. The third-order valence-electron chi connectivity index (χ3n) is 1.87. The van der Waals surface area contributed by atoms with Gasteiger partial charge in [0, 0.05) is 17.8 Å². The molecule has 2 nitrogen and oxygen atoms in total. The second-order valence-corrected chi connectivity index (χ2v) is 3.77. The molecule has 0 amide bonds. The van der Waals surface area contributed by atoms with Crippen molar-refractivity contribution in [2.45, 2.75) is 26.3 Å². The molecule has 0 saturated heterocycles. The number of aromatic nitrogens is 2. The summed E-state index contributed by atoms with van der Waals surface area (Å²) in [6, 6.07) is 0. The van der Waals surface area contributed by atoms with E-state index in [4.69, 9.17) is 11.6 Å². The molecule has 0 saturated carbocycles. The van der Waals surface area contributed by atoms with E-state index in [9.17, 15) is 0 Å². The monoisotopic (exact) mass is 250 g/mol. The Morgan fingerprint density at radius 2 is 2.42 bits per heavy atom. The lowest BCUT2D eigenvalue weighted by molar-refractivity contribution is 0.677. The van der Waals surface area contributed by atoms with Gasteiger partial charge < -0.3 is 4.57 Å². The lowest BCUT2D eigenvalue weighted by atomic mass is 10.1. The molecule has 0 fully saturated rings. The summed E-state index contributed by atoms with van der Waals surface area (Å²) in [5, 5.41) is 1.54. The molecule has 4 heteroatoms. The topological polar surface area (TPSA) is 17.8 Å². The molecular weight excluding hydrogens is 239 g/mol. The van der Waals surface area contributed by atoms with Crippen LogP contribution in [0.3, 0.4) is 0 Å². The number of rotatable bonds is 3. The summed E-state index contributed by atoms with van der Waals surface area (Å²) < 4.78 is 2.08. The van der Waals surface area contributed by atoms with Gasteiger partial charge in [-0.05, 0) is 6.92 Å². The van der Waals surface area contributed by atoms with Crippen molar-refractivity contribution in [3.05, 3.63) is 17.2 Å². The number of alkyl halides is 1. The molecule has 0 N–H and O–H groups in total. The van der Waals surface area contributed by atoms with Crippen molar-refractivity contribution < 1.29 is 0 Å². The van der Waals surface area contributed by atoms with Crippen LogP contribution >= 0.6 is 27.5 Å². The van der Waals surface area contributed by atoms with E-state index >= 15 is 0 Å². The maximum absolute atomic E-state index is 5.94. The van der Waals surface area contributed by atoms with Crippen LogP contribution in [0, 0.1) is 0 Å². The van der Waals surface area contributed by atoms with Gasteiger partial charge in [0.15, 0.2) is 5.15 Å². The number of hydrogen-bond donors (Lipinski definition) is 0. The highest BCUT2D eigenvalue weighted by molar-refractivity contribution is 9.09.